The molecule has 0 saturated heterocycles. The number of aromatic nitrogens is 2. The van der Waals surface area contributed by atoms with Crippen LogP contribution in [0.1, 0.15) is 17.1 Å². The molecular weight excluding hydrogens is 198 g/mol. The largest absolute Gasteiger partial charge is 0.481 e. The van der Waals surface area contributed by atoms with Crippen molar-refractivity contribution in [2.45, 2.75) is 18.7 Å². The second-order valence-corrected chi connectivity index (χ2v) is 4.19. The minimum Gasteiger partial charge on any atom is -0.481 e. The first-order chi connectivity index (χ1) is 6.85. The highest BCUT2D eigenvalue weighted by Crippen LogP contribution is 2.28. The maximum absolute atomic E-state index is 5.52. The number of hydrogen-bond acceptors (Lipinski definition) is 5. The molecule has 4 nitrogen and oxygen atoms in total. The number of thioether (sulfide) groups is 1. The molecule has 2 N–H and O–H groups in total. The molecule has 0 bridgehead atoms. The van der Waals surface area contributed by atoms with E-state index in [4.69, 9.17) is 10.5 Å². The fourth-order valence-electron chi connectivity index (χ4n) is 1.53. The lowest BCUT2D eigenvalue weighted by Gasteiger charge is -2.17. The summed E-state index contributed by atoms with van der Waals surface area (Å²) in [6.45, 7) is 0.369. The van der Waals surface area contributed by atoms with E-state index < -0.39 is 0 Å². The molecule has 1 aliphatic heterocycles. The van der Waals surface area contributed by atoms with Gasteiger partial charge in [0.2, 0.25) is 5.88 Å². The summed E-state index contributed by atoms with van der Waals surface area (Å²) in [4.78, 5) is 8.66. The SMILES string of the molecule is COc1nc(CN)nc2c1CCSC2. The quantitative estimate of drug-likeness (QED) is 0.781. The van der Waals surface area contributed by atoms with Crippen LogP contribution in [0.2, 0.25) is 0 Å². The van der Waals surface area contributed by atoms with Crippen LogP contribution in [0.25, 0.3) is 0 Å². The lowest BCUT2D eigenvalue weighted by molar-refractivity contribution is 0.388. The summed E-state index contributed by atoms with van der Waals surface area (Å²) < 4.78 is 5.24. The molecule has 0 aromatic carbocycles. The first kappa shape index (κ1) is 9.73. The van der Waals surface area contributed by atoms with Crippen molar-refractivity contribution in [1.29, 1.82) is 0 Å². The minimum atomic E-state index is 0.369. The van der Waals surface area contributed by atoms with Gasteiger partial charge in [-0.3, -0.25) is 0 Å². The molecule has 1 aliphatic rings. The molecule has 0 fully saturated rings. The summed E-state index contributed by atoms with van der Waals surface area (Å²) in [7, 11) is 1.64. The summed E-state index contributed by atoms with van der Waals surface area (Å²) in [5, 5.41) is 0. The maximum Gasteiger partial charge on any atom is 0.219 e. The fraction of sp³-hybridized carbons (Fsp3) is 0.556. The Morgan fingerprint density at radius 3 is 3.07 bits per heavy atom. The van der Waals surface area contributed by atoms with Crippen molar-refractivity contribution >= 4 is 11.8 Å². The van der Waals surface area contributed by atoms with E-state index in [9.17, 15) is 0 Å². The number of nitrogens with zero attached hydrogens (tertiary/aromatic N) is 2. The van der Waals surface area contributed by atoms with Crippen molar-refractivity contribution in [3.63, 3.8) is 0 Å². The van der Waals surface area contributed by atoms with Gasteiger partial charge in [0, 0.05) is 11.3 Å². The summed E-state index contributed by atoms with van der Waals surface area (Å²) in [5.41, 5.74) is 7.77. The average molecular weight is 211 g/mol. The molecular formula is C9H13N3OS. The third kappa shape index (κ3) is 1.69. The molecule has 1 aromatic heterocycles. The highest BCUT2D eigenvalue weighted by Gasteiger charge is 2.17. The smallest absolute Gasteiger partial charge is 0.219 e. The zero-order valence-corrected chi connectivity index (χ0v) is 8.93. The zero-order chi connectivity index (χ0) is 9.97. The average Bonchev–Trinajstić information content (AvgIpc) is 2.27. The number of rotatable bonds is 2. The van der Waals surface area contributed by atoms with Gasteiger partial charge in [-0.2, -0.15) is 16.7 Å². The Morgan fingerprint density at radius 2 is 2.36 bits per heavy atom. The molecule has 0 saturated carbocycles. The predicted molar refractivity (Wildman–Crippen MR) is 56.3 cm³/mol. The third-order valence-corrected chi connectivity index (χ3v) is 3.18. The van der Waals surface area contributed by atoms with Gasteiger partial charge in [0.25, 0.3) is 0 Å². The van der Waals surface area contributed by atoms with Crippen molar-refractivity contribution in [2.24, 2.45) is 5.73 Å². The van der Waals surface area contributed by atoms with Crippen molar-refractivity contribution in [3.8, 4) is 5.88 Å². The Balaban J connectivity index is 2.47. The van der Waals surface area contributed by atoms with E-state index in [1.165, 1.54) is 0 Å². The summed E-state index contributed by atoms with van der Waals surface area (Å²) in [6, 6.07) is 0. The van der Waals surface area contributed by atoms with Gasteiger partial charge in [-0.15, -0.1) is 0 Å². The molecule has 0 spiro atoms. The predicted octanol–water partition coefficient (Wildman–Crippen LogP) is 0.733. The lowest BCUT2D eigenvalue weighted by Crippen LogP contribution is -2.13. The van der Waals surface area contributed by atoms with Crippen LogP contribution < -0.4 is 10.5 Å². The Kier molecular flexibility index (Phi) is 2.88. The third-order valence-electron chi connectivity index (χ3n) is 2.21. The molecule has 0 unspecified atom stereocenters. The summed E-state index contributed by atoms with van der Waals surface area (Å²) >= 11 is 1.89. The van der Waals surface area contributed by atoms with Gasteiger partial charge in [0.1, 0.15) is 5.82 Å². The van der Waals surface area contributed by atoms with E-state index in [-0.39, 0.29) is 0 Å². The second kappa shape index (κ2) is 4.14. The molecule has 14 heavy (non-hydrogen) atoms. The first-order valence-corrected chi connectivity index (χ1v) is 5.71. The van der Waals surface area contributed by atoms with Gasteiger partial charge in [-0.25, -0.2) is 4.98 Å². The molecule has 76 valence electrons. The van der Waals surface area contributed by atoms with Crippen LogP contribution in [0.15, 0.2) is 0 Å². The standard InChI is InChI=1S/C9H13N3OS/c1-13-9-6-2-3-14-5-7(6)11-8(4-10)12-9/h2-5,10H2,1H3. The highest BCUT2D eigenvalue weighted by molar-refractivity contribution is 7.98. The molecule has 1 aromatic rings. The first-order valence-electron chi connectivity index (χ1n) is 4.55. The van der Waals surface area contributed by atoms with Crippen LogP contribution in [0.5, 0.6) is 5.88 Å². The van der Waals surface area contributed by atoms with Crippen molar-refractivity contribution in [3.05, 3.63) is 17.1 Å². The molecule has 0 aliphatic carbocycles. The topological polar surface area (TPSA) is 61.0 Å². The lowest BCUT2D eigenvalue weighted by atomic mass is 10.1. The van der Waals surface area contributed by atoms with Gasteiger partial charge in [0.15, 0.2) is 0 Å². The second-order valence-electron chi connectivity index (χ2n) is 3.08. The Bertz CT molecular complexity index is 326. The van der Waals surface area contributed by atoms with E-state index in [2.05, 4.69) is 9.97 Å². The number of hydrogen-bond donors (Lipinski definition) is 1. The van der Waals surface area contributed by atoms with Gasteiger partial charge in [-0.05, 0) is 12.2 Å². The van der Waals surface area contributed by atoms with Crippen LogP contribution in [0, 0.1) is 0 Å². The molecule has 2 heterocycles. The van der Waals surface area contributed by atoms with Gasteiger partial charge < -0.3 is 10.5 Å². The number of methoxy groups -OCH3 is 1. The molecule has 5 heteroatoms. The fourth-order valence-corrected chi connectivity index (χ4v) is 2.46. The van der Waals surface area contributed by atoms with E-state index in [0.29, 0.717) is 18.2 Å². The maximum atomic E-state index is 5.52. The number of nitrogens with two attached hydrogens (primary N) is 1. The zero-order valence-electron chi connectivity index (χ0n) is 8.12. The van der Waals surface area contributed by atoms with Gasteiger partial charge in [0.05, 0.1) is 19.3 Å². The van der Waals surface area contributed by atoms with E-state index in [0.717, 1.165) is 29.2 Å². The summed E-state index contributed by atoms with van der Waals surface area (Å²) in [6.07, 6.45) is 0.994. The van der Waals surface area contributed by atoms with E-state index >= 15 is 0 Å². The molecule has 0 radical (unpaired) electrons. The molecule has 0 atom stereocenters. The number of ether oxygens (including phenoxy) is 1. The van der Waals surface area contributed by atoms with Crippen LogP contribution in [-0.2, 0) is 18.7 Å². The monoisotopic (exact) mass is 211 g/mol. The number of fused-ring (bicyclic) bond motifs is 1. The van der Waals surface area contributed by atoms with Crippen molar-refractivity contribution in [1.82, 2.24) is 9.97 Å². The van der Waals surface area contributed by atoms with Gasteiger partial charge >= 0.3 is 0 Å². The van der Waals surface area contributed by atoms with Crippen LogP contribution in [0.4, 0.5) is 0 Å². The minimum absolute atomic E-state index is 0.369. The highest BCUT2D eigenvalue weighted by atomic mass is 32.2. The van der Waals surface area contributed by atoms with Crippen molar-refractivity contribution < 1.29 is 4.74 Å². The van der Waals surface area contributed by atoms with Crippen molar-refractivity contribution in [2.75, 3.05) is 12.9 Å². The normalized spacial score (nSPS) is 15.0. The Labute approximate surface area is 87.3 Å². The van der Waals surface area contributed by atoms with Crippen LogP contribution in [0.3, 0.4) is 0 Å². The Hall–Kier alpha value is -0.810. The van der Waals surface area contributed by atoms with E-state index in [1.807, 2.05) is 11.8 Å². The Morgan fingerprint density at radius 1 is 1.50 bits per heavy atom. The van der Waals surface area contributed by atoms with E-state index in [1.54, 1.807) is 7.11 Å². The van der Waals surface area contributed by atoms with Crippen LogP contribution >= 0.6 is 11.8 Å². The summed E-state index contributed by atoms with van der Waals surface area (Å²) in [5.74, 6) is 3.44. The van der Waals surface area contributed by atoms with Crippen LogP contribution in [-0.4, -0.2) is 22.8 Å². The molecule has 0 amide bonds. The molecule has 2 rings (SSSR count). The van der Waals surface area contributed by atoms with Gasteiger partial charge in [-0.1, -0.05) is 0 Å².